The maximum Gasteiger partial charge on any atom is 0.352 e. The zero-order valence-electron chi connectivity index (χ0n) is 18.2. The number of ether oxygens (including phenoxy) is 1. The fourth-order valence-electron chi connectivity index (χ4n) is 3.84. The van der Waals surface area contributed by atoms with Gasteiger partial charge < -0.3 is 23.9 Å². The van der Waals surface area contributed by atoms with Crippen LogP contribution in [0, 0.1) is 13.8 Å². The van der Waals surface area contributed by atoms with E-state index in [0.29, 0.717) is 33.6 Å². The van der Waals surface area contributed by atoms with Crippen LogP contribution in [0.5, 0.6) is 11.5 Å². The lowest BCUT2D eigenvalue weighted by Crippen LogP contribution is -2.16. The number of aromatic amines is 1. The van der Waals surface area contributed by atoms with E-state index < -0.39 is 17.0 Å². The van der Waals surface area contributed by atoms with Crippen molar-refractivity contribution in [2.45, 2.75) is 19.6 Å². The molecule has 4 aromatic rings. The van der Waals surface area contributed by atoms with Crippen LogP contribution in [0.25, 0.3) is 22.0 Å². The highest BCUT2D eigenvalue weighted by atomic mass is 32.2. The molecule has 4 rings (SSSR count). The van der Waals surface area contributed by atoms with E-state index in [1.807, 2.05) is 32.0 Å². The number of carboxylic acid groups (broad SMARTS) is 1. The molecule has 1 atom stereocenters. The third-order valence-corrected chi connectivity index (χ3v) is 6.02. The highest BCUT2D eigenvalue weighted by Crippen LogP contribution is 2.39. The van der Waals surface area contributed by atoms with Crippen molar-refractivity contribution in [2.24, 2.45) is 7.05 Å². The van der Waals surface area contributed by atoms with Gasteiger partial charge in [-0.2, -0.15) is 0 Å². The molecule has 2 aromatic heterocycles. The molecule has 0 amide bonds. The summed E-state index contributed by atoms with van der Waals surface area (Å²) in [5.41, 5.74) is 3.26. The van der Waals surface area contributed by atoms with Crippen LogP contribution in [0.3, 0.4) is 0 Å². The number of carboxylic acids is 1. The molecular weight excluding hydrogens is 444 g/mol. The number of nitrogens with zero attached hydrogens (tertiary/aromatic N) is 1. The topological polar surface area (TPSA) is 122 Å². The SMILES string of the molecule is Cc1cccc(C)c1Oc1ccc(CS(=O)O)cc1-c1cn(C)c(=O)c2[nH]c(C(=O)O)cc12. The number of carbonyl (C=O) groups is 1. The first-order valence-corrected chi connectivity index (χ1v) is 11.3. The predicted molar refractivity (Wildman–Crippen MR) is 126 cm³/mol. The molecule has 0 aliphatic heterocycles. The van der Waals surface area contributed by atoms with Gasteiger partial charge in [-0.15, -0.1) is 0 Å². The Morgan fingerprint density at radius 3 is 2.45 bits per heavy atom. The van der Waals surface area contributed by atoms with Crippen LogP contribution < -0.4 is 10.3 Å². The van der Waals surface area contributed by atoms with E-state index in [-0.39, 0.29) is 22.5 Å². The molecule has 2 heterocycles. The van der Waals surface area contributed by atoms with Crippen LogP contribution in [0.2, 0.25) is 0 Å². The van der Waals surface area contributed by atoms with Gasteiger partial charge in [0.15, 0.2) is 11.1 Å². The third-order valence-electron chi connectivity index (χ3n) is 5.44. The van der Waals surface area contributed by atoms with Crippen LogP contribution in [0.4, 0.5) is 0 Å². The molecule has 0 saturated carbocycles. The minimum Gasteiger partial charge on any atom is -0.477 e. The maximum absolute atomic E-state index is 12.7. The van der Waals surface area contributed by atoms with Gasteiger partial charge in [-0.05, 0) is 48.7 Å². The van der Waals surface area contributed by atoms with E-state index in [1.165, 1.54) is 10.6 Å². The second-order valence-electron chi connectivity index (χ2n) is 7.86. The zero-order valence-corrected chi connectivity index (χ0v) is 19.0. The molecule has 9 heteroatoms. The largest absolute Gasteiger partial charge is 0.477 e. The Kier molecular flexibility index (Phi) is 5.92. The van der Waals surface area contributed by atoms with Gasteiger partial charge in [-0.25, -0.2) is 9.00 Å². The van der Waals surface area contributed by atoms with Crippen molar-refractivity contribution < 1.29 is 23.4 Å². The molecule has 0 aliphatic carbocycles. The lowest BCUT2D eigenvalue weighted by Gasteiger charge is -2.17. The Hall–Kier alpha value is -3.69. The Balaban J connectivity index is 2.00. The van der Waals surface area contributed by atoms with E-state index in [4.69, 9.17) is 4.74 Å². The monoisotopic (exact) mass is 466 g/mol. The van der Waals surface area contributed by atoms with Crippen molar-refractivity contribution in [2.75, 3.05) is 0 Å². The normalized spacial score (nSPS) is 12.1. The minimum absolute atomic E-state index is 0.0842. The molecule has 0 aliphatic rings. The van der Waals surface area contributed by atoms with Crippen LogP contribution in [-0.4, -0.2) is 29.4 Å². The number of nitrogens with one attached hydrogen (secondary N) is 1. The molecule has 0 bridgehead atoms. The number of aryl methyl sites for hydroxylation is 3. The summed E-state index contributed by atoms with van der Waals surface area (Å²) >= 11 is -2.05. The van der Waals surface area contributed by atoms with E-state index in [9.17, 15) is 23.5 Å². The Labute approximate surface area is 191 Å². The summed E-state index contributed by atoms with van der Waals surface area (Å²) < 4.78 is 28.5. The molecule has 0 saturated heterocycles. The molecule has 33 heavy (non-hydrogen) atoms. The third kappa shape index (κ3) is 4.33. The zero-order chi connectivity index (χ0) is 23.9. The van der Waals surface area contributed by atoms with Crippen molar-refractivity contribution in [1.29, 1.82) is 0 Å². The van der Waals surface area contributed by atoms with E-state index in [1.54, 1.807) is 31.4 Å². The van der Waals surface area contributed by atoms with Gasteiger partial charge in [-0.1, -0.05) is 24.3 Å². The number of para-hydroxylation sites is 1. The maximum atomic E-state index is 12.7. The molecule has 0 spiro atoms. The first kappa shape index (κ1) is 22.5. The first-order valence-electron chi connectivity index (χ1n) is 10.1. The van der Waals surface area contributed by atoms with E-state index >= 15 is 0 Å². The fraction of sp³-hybridized carbons (Fsp3) is 0.167. The van der Waals surface area contributed by atoms with Gasteiger partial charge in [0.2, 0.25) is 0 Å². The standard InChI is InChI=1S/C24H22N2O6S/c1-13-5-4-6-14(2)22(13)32-20-8-7-15(12-33(30)31)9-16(20)18-11-26(3)23(27)21-17(18)10-19(25-21)24(28)29/h4-11,25H,12H2,1-3H3,(H,28,29)(H,30,31). The number of aromatic carboxylic acids is 1. The number of aromatic nitrogens is 2. The Morgan fingerprint density at radius 2 is 1.82 bits per heavy atom. The van der Waals surface area contributed by atoms with Gasteiger partial charge in [0, 0.05) is 29.8 Å². The number of hydrogen-bond acceptors (Lipinski definition) is 4. The average Bonchev–Trinajstić information content (AvgIpc) is 3.20. The lowest BCUT2D eigenvalue weighted by molar-refractivity contribution is 0.0691. The number of benzene rings is 2. The predicted octanol–water partition coefficient (Wildman–Crippen LogP) is 4.36. The van der Waals surface area contributed by atoms with Gasteiger partial charge in [0.1, 0.15) is 22.7 Å². The van der Waals surface area contributed by atoms with Crippen molar-refractivity contribution in [1.82, 2.24) is 9.55 Å². The minimum atomic E-state index is -2.05. The number of hydrogen-bond donors (Lipinski definition) is 3. The van der Waals surface area contributed by atoms with E-state index in [2.05, 4.69) is 4.98 Å². The highest BCUT2D eigenvalue weighted by molar-refractivity contribution is 7.78. The number of rotatable bonds is 6. The summed E-state index contributed by atoms with van der Waals surface area (Å²) in [5.74, 6) is -0.119. The molecule has 0 radical (unpaired) electrons. The van der Waals surface area contributed by atoms with Crippen LogP contribution >= 0.6 is 0 Å². The lowest BCUT2D eigenvalue weighted by atomic mass is 10.0. The van der Waals surface area contributed by atoms with Gasteiger partial charge >= 0.3 is 5.97 Å². The summed E-state index contributed by atoms with van der Waals surface area (Å²) in [5, 5.41) is 9.86. The second-order valence-corrected chi connectivity index (χ2v) is 8.79. The number of pyridine rings is 1. The van der Waals surface area contributed by atoms with Crippen molar-refractivity contribution in [3.63, 3.8) is 0 Å². The summed E-state index contributed by atoms with van der Waals surface area (Å²) in [6.07, 6.45) is 1.61. The van der Waals surface area contributed by atoms with Crippen molar-refractivity contribution in [3.8, 4) is 22.6 Å². The number of H-pyrrole nitrogens is 1. The molecule has 8 nitrogen and oxygen atoms in total. The smallest absolute Gasteiger partial charge is 0.352 e. The van der Waals surface area contributed by atoms with Gasteiger partial charge in [0.25, 0.3) is 5.56 Å². The summed E-state index contributed by atoms with van der Waals surface area (Å²) in [6, 6.07) is 12.4. The van der Waals surface area contributed by atoms with Crippen LogP contribution in [0.15, 0.2) is 53.5 Å². The quantitative estimate of drug-likeness (QED) is 0.363. The van der Waals surface area contributed by atoms with Gasteiger partial charge in [0.05, 0.1) is 5.75 Å². The molecular formula is C24H22N2O6S. The van der Waals surface area contributed by atoms with Crippen molar-refractivity contribution >= 4 is 28.0 Å². The molecule has 1 unspecified atom stereocenters. The summed E-state index contributed by atoms with van der Waals surface area (Å²) in [6.45, 7) is 3.86. The fourth-order valence-corrected chi connectivity index (χ4v) is 4.31. The van der Waals surface area contributed by atoms with Crippen LogP contribution in [0.1, 0.15) is 27.2 Å². The van der Waals surface area contributed by atoms with Gasteiger partial charge in [-0.3, -0.25) is 4.79 Å². The van der Waals surface area contributed by atoms with E-state index in [0.717, 1.165) is 11.1 Å². The molecule has 2 aromatic carbocycles. The molecule has 170 valence electrons. The Morgan fingerprint density at radius 1 is 1.12 bits per heavy atom. The van der Waals surface area contributed by atoms with Crippen LogP contribution in [-0.2, 0) is 23.9 Å². The summed E-state index contributed by atoms with van der Waals surface area (Å²) in [4.78, 5) is 26.9. The second kappa shape index (κ2) is 8.68. The van der Waals surface area contributed by atoms with Crippen molar-refractivity contribution in [3.05, 3.63) is 81.4 Å². The highest BCUT2D eigenvalue weighted by Gasteiger charge is 2.19. The summed E-state index contributed by atoms with van der Waals surface area (Å²) in [7, 11) is 1.57. The Bertz CT molecular complexity index is 1460. The molecule has 0 fully saturated rings. The molecule has 3 N–H and O–H groups in total. The average molecular weight is 467 g/mol. The first-order chi connectivity index (χ1) is 15.7. The number of fused-ring (bicyclic) bond motifs is 1.